The van der Waals surface area contributed by atoms with Crippen LogP contribution in [0.15, 0.2) is 0 Å². The van der Waals surface area contributed by atoms with Crippen LogP contribution in [0.1, 0.15) is 12.8 Å². The van der Waals surface area contributed by atoms with Crippen LogP contribution < -0.4 is 0 Å². The van der Waals surface area contributed by atoms with E-state index in [1.165, 1.54) is 0 Å². The molecule has 2 N–H and O–H groups in total. The van der Waals surface area contributed by atoms with Gasteiger partial charge in [0.2, 0.25) is 0 Å². The van der Waals surface area contributed by atoms with Gasteiger partial charge in [0.25, 0.3) is 0 Å². The molecule has 0 spiro atoms. The van der Waals surface area contributed by atoms with Crippen molar-refractivity contribution in [3.63, 3.8) is 0 Å². The minimum atomic E-state index is -0.197. The van der Waals surface area contributed by atoms with Crippen molar-refractivity contribution in [2.45, 2.75) is 12.8 Å². The van der Waals surface area contributed by atoms with Crippen LogP contribution >= 0.6 is 0 Å². The van der Waals surface area contributed by atoms with Crippen molar-refractivity contribution in [2.24, 2.45) is 11.8 Å². The van der Waals surface area contributed by atoms with E-state index in [2.05, 4.69) is 0 Å². The van der Waals surface area contributed by atoms with Crippen LogP contribution in [-0.4, -0.2) is 29.2 Å². The van der Waals surface area contributed by atoms with Crippen molar-refractivity contribution in [1.29, 1.82) is 0 Å². The molecular weight excluding hydrogens is 586 g/mol. The van der Waals surface area contributed by atoms with E-state index >= 15 is 0 Å². The maximum atomic E-state index is 10.9. The molecule has 0 aromatic rings. The van der Waals surface area contributed by atoms with Crippen LogP contribution in [0.25, 0.3) is 0 Å². The Morgan fingerprint density at radius 2 is 1.83 bits per heavy atom. The Kier molecular flexibility index (Phi) is 12.3. The van der Waals surface area contributed by atoms with E-state index in [0.717, 1.165) is 0 Å². The van der Waals surface area contributed by atoms with Gasteiger partial charge in [0.05, 0.1) is 6.61 Å². The SMILES string of the molecule is O=C1CC(CO)CC1CO.[Ac].[Ac]. The molecule has 1 aliphatic rings. The smallest absolute Gasteiger partial charge is 0.138 e. The van der Waals surface area contributed by atoms with E-state index in [-0.39, 0.29) is 119 Å². The fourth-order valence-electron chi connectivity index (χ4n) is 1.38. The molecule has 12 heavy (non-hydrogen) atoms. The summed E-state index contributed by atoms with van der Waals surface area (Å²) in [5.41, 5.74) is 0. The second kappa shape index (κ2) is 8.76. The number of hydrogen-bond donors (Lipinski definition) is 2. The van der Waals surface area contributed by atoms with Crippen molar-refractivity contribution in [2.75, 3.05) is 13.2 Å². The molecule has 2 radical (unpaired) electrons. The van der Waals surface area contributed by atoms with Crippen LogP contribution in [0.4, 0.5) is 0 Å². The standard InChI is InChI=1S/C7H12O3.2Ac/c8-3-5-1-6(4-9)7(10)2-5;;/h5-6,8-9H,1-4H2;;. The predicted octanol–water partition coefficient (Wildman–Crippen LogP) is -0.434. The van der Waals surface area contributed by atoms with Gasteiger partial charge in [0.15, 0.2) is 0 Å². The van der Waals surface area contributed by atoms with E-state index in [9.17, 15) is 4.79 Å². The molecule has 0 amide bonds. The zero-order valence-corrected chi connectivity index (χ0v) is 16.4. The Balaban J connectivity index is 0. The minimum absolute atomic E-state index is 0. The maximum Gasteiger partial charge on any atom is 0.138 e. The molecule has 1 fully saturated rings. The average molecular weight is 598 g/mol. The Morgan fingerprint density at radius 1 is 1.25 bits per heavy atom. The summed E-state index contributed by atoms with van der Waals surface area (Å²) < 4.78 is 0. The number of carbonyl (C=O) groups is 1. The summed E-state index contributed by atoms with van der Waals surface area (Å²) in [5.74, 6) is 0.00310. The summed E-state index contributed by atoms with van der Waals surface area (Å²) in [4.78, 5) is 10.9. The first kappa shape index (κ1) is 16.9. The number of ketones is 1. The van der Waals surface area contributed by atoms with Gasteiger partial charge in [-0.05, 0) is 12.3 Å². The summed E-state index contributed by atoms with van der Waals surface area (Å²) in [6, 6.07) is 0. The number of Topliss-reactive ketones (excluding diaryl/α,β-unsaturated/α-hetero) is 1. The van der Waals surface area contributed by atoms with Crippen molar-refractivity contribution in [3.8, 4) is 0 Å². The Bertz CT molecular complexity index is 141. The molecule has 1 aliphatic carbocycles. The van der Waals surface area contributed by atoms with Crippen molar-refractivity contribution < 1.29 is 103 Å². The number of aliphatic hydroxyl groups is 2. The van der Waals surface area contributed by atoms with Crippen LogP contribution in [-0.2, 0) is 4.79 Å². The molecule has 0 aromatic heterocycles. The van der Waals surface area contributed by atoms with E-state index in [0.29, 0.717) is 12.8 Å². The van der Waals surface area contributed by atoms with Gasteiger partial charge in [-0.2, -0.15) is 0 Å². The second-order valence-corrected chi connectivity index (χ2v) is 2.83. The summed E-state index contributed by atoms with van der Waals surface area (Å²) in [5, 5.41) is 17.3. The van der Waals surface area contributed by atoms with Gasteiger partial charge in [0, 0.05) is 107 Å². The fourth-order valence-corrected chi connectivity index (χ4v) is 1.38. The van der Waals surface area contributed by atoms with Gasteiger partial charge in [0.1, 0.15) is 5.78 Å². The predicted molar refractivity (Wildman–Crippen MR) is 35.4 cm³/mol. The van der Waals surface area contributed by atoms with E-state index in [1.807, 2.05) is 0 Å². The third kappa shape index (κ3) is 4.81. The van der Waals surface area contributed by atoms with E-state index in [4.69, 9.17) is 10.2 Å². The second-order valence-electron chi connectivity index (χ2n) is 2.83. The van der Waals surface area contributed by atoms with Crippen LogP contribution in [0.2, 0.25) is 0 Å². The van der Waals surface area contributed by atoms with Gasteiger partial charge < -0.3 is 10.2 Å². The quantitative estimate of drug-likeness (QED) is 0.454. The van der Waals surface area contributed by atoms with Crippen LogP contribution in [0, 0.1) is 100.0 Å². The third-order valence-corrected chi connectivity index (χ3v) is 2.04. The molecule has 64 valence electrons. The molecule has 2 atom stereocenters. The molecule has 5 heteroatoms. The number of rotatable bonds is 2. The van der Waals surface area contributed by atoms with Crippen molar-refractivity contribution in [1.82, 2.24) is 0 Å². The van der Waals surface area contributed by atoms with Gasteiger partial charge in [-0.25, -0.2) is 0 Å². The first-order chi connectivity index (χ1) is 4.77. The average Bonchev–Trinajstić information content (AvgIpc) is 2.30. The molecule has 0 heterocycles. The largest absolute Gasteiger partial charge is 0.396 e. The molecule has 0 saturated heterocycles. The Hall–Kier alpha value is 2.47. The zero-order chi connectivity index (χ0) is 7.56. The molecule has 0 aromatic carbocycles. The number of hydrogen-bond acceptors (Lipinski definition) is 3. The normalized spacial score (nSPS) is 27.7. The first-order valence-corrected chi connectivity index (χ1v) is 3.52. The monoisotopic (exact) mass is 598 g/mol. The number of carbonyl (C=O) groups excluding carboxylic acids is 1. The summed E-state index contributed by atoms with van der Waals surface area (Å²) in [6.07, 6.45) is 1.10. The van der Waals surface area contributed by atoms with Crippen LogP contribution in [0.5, 0.6) is 0 Å². The van der Waals surface area contributed by atoms with Crippen LogP contribution in [0.3, 0.4) is 0 Å². The summed E-state index contributed by atoms with van der Waals surface area (Å²) in [6.45, 7) is 0.0115. The molecule has 1 rings (SSSR count). The minimum Gasteiger partial charge on any atom is -0.396 e. The summed E-state index contributed by atoms with van der Waals surface area (Å²) >= 11 is 0. The molecule has 0 aliphatic heterocycles. The van der Waals surface area contributed by atoms with E-state index < -0.39 is 0 Å². The fraction of sp³-hybridized carbons (Fsp3) is 0.857. The third-order valence-electron chi connectivity index (χ3n) is 2.04. The topological polar surface area (TPSA) is 57.5 Å². The Morgan fingerprint density at radius 3 is 2.08 bits per heavy atom. The van der Waals surface area contributed by atoms with E-state index in [1.54, 1.807) is 0 Å². The summed E-state index contributed by atoms with van der Waals surface area (Å²) in [7, 11) is 0. The molecule has 0 bridgehead atoms. The molecular formula is C7H12Ac2O3. The Labute approximate surface area is 144 Å². The molecule has 2 unspecified atom stereocenters. The van der Waals surface area contributed by atoms with Gasteiger partial charge in [-0.1, -0.05) is 0 Å². The van der Waals surface area contributed by atoms with Gasteiger partial charge in [-0.3, -0.25) is 4.79 Å². The molecule has 3 nitrogen and oxygen atoms in total. The zero-order valence-electron chi connectivity index (χ0n) is 6.94. The first-order valence-electron chi connectivity index (χ1n) is 3.52. The molecule has 1 saturated carbocycles. The maximum absolute atomic E-state index is 10.9. The van der Waals surface area contributed by atoms with Gasteiger partial charge >= 0.3 is 0 Å². The van der Waals surface area contributed by atoms with Gasteiger partial charge in [-0.15, -0.1) is 0 Å². The number of aliphatic hydroxyl groups excluding tert-OH is 2. The van der Waals surface area contributed by atoms with Crippen molar-refractivity contribution in [3.05, 3.63) is 0 Å². The van der Waals surface area contributed by atoms with Crippen molar-refractivity contribution >= 4 is 5.78 Å².